The summed E-state index contributed by atoms with van der Waals surface area (Å²) in [6.45, 7) is 10.4. The van der Waals surface area contributed by atoms with Crippen LogP contribution in [0, 0.1) is 26.2 Å². The topological polar surface area (TPSA) is 71.1 Å². The molecule has 262 valence electrons. The molecule has 1 aliphatic heterocycles. The molecule has 2 fully saturated rings. The van der Waals surface area contributed by atoms with Gasteiger partial charge in [0.25, 0.3) is 0 Å². The molecule has 4 rings (SSSR count). The van der Waals surface area contributed by atoms with Crippen LogP contribution in [0.25, 0.3) is 0 Å². The number of hydrogen-bond acceptors (Lipinski definition) is 6. The average Bonchev–Trinajstić information content (AvgIpc) is 3.39. The van der Waals surface area contributed by atoms with Crippen molar-refractivity contribution in [1.82, 2.24) is 0 Å². The Morgan fingerprint density at radius 1 is 0.854 bits per heavy atom. The molecule has 0 radical (unpaired) electrons. The van der Waals surface area contributed by atoms with Gasteiger partial charge in [0.05, 0.1) is 12.0 Å². The molecular weight excluding hydrogens is 611 g/mol. The number of carbonyl (C=O) groups is 2. The second kappa shape index (κ2) is 25.3. The van der Waals surface area contributed by atoms with Crippen LogP contribution in [-0.2, 0) is 34.1 Å². The number of ether oxygens (including phenoxy) is 4. The molecule has 2 aromatic rings. The molecule has 2 aromatic carbocycles. The molecule has 1 saturated heterocycles. The normalized spacial score (nSPS) is 17.5. The molecule has 2 atom stereocenters. The van der Waals surface area contributed by atoms with Gasteiger partial charge in [-0.2, -0.15) is 6.42 Å². The summed E-state index contributed by atoms with van der Waals surface area (Å²) in [6, 6.07) is 19.1. The van der Waals surface area contributed by atoms with E-state index in [1.54, 1.807) is 0 Å². The molecule has 7 heteroatoms. The van der Waals surface area contributed by atoms with E-state index >= 15 is 0 Å². The van der Waals surface area contributed by atoms with E-state index in [0.29, 0.717) is 43.6 Å². The second-order valence-corrected chi connectivity index (χ2v) is 12.7. The zero-order valence-electron chi connectivity index (χ0n) is 29.9. The minimum atomic E-state index is -1.59. The number of hydrogen-bond donors (Lipinski definition) is 0. The van der Waals surface area contributed by atoms with Gasteiger partial charge in [0, 0.05) is 19.6 Å². The quantitative estimate of drug-likeness (QED) is 0.0456. The van der Waals surface area contributed by atoms with Crippen LogP contribution in [0.2, 0.25) is 0 Å². The summed E-state index contributed by atoms with van der Waals surface area (Å²) in [4.78, 5) is 27.9. The van der Waals surface area contributed by atoms with E-state index in [-0.39, 0.29) is 47.5 Å². The van der Waals surface area contributed by atoms with Crippen LogP contribution in [0.3, 0.4) is 0 Å². The summed E-state index contributed by atoms with van der Waals surface area (Å²) < 4.78 is 24.8. The Labute approximate surface area is 313 Å². The summed E-state index contributed by atoms with van der Waals surface area (Å²) in [7, 11) is 0. The van der Waals surface area contributed by atoms with E-state index in [9.17, 15) is 9.59 Å². The number of benzene rings is 2. The summed E-state index contributed by atoms with van der Waals surface area (Å²) in [6.07, 6.45) is 17.4. The Balaban J connectivity index is 0.00000151. The molecule has 1 saturated carbocycles. The van der Waals surface area contributed by atoms with Crippen LogP contribution < -0.4 is 29.6 Å². The fraction of sp³-hybridized carbons (Fsp3) is 0.585. The monoisotopic (exact) mass is 670 g/mol. The molecule has 0 N–H and O–H groups in total. The molecule has 1 aliphatic carbocycles. The van der Waals surface area contributed by atoms with Gasteiger partial charge in [0.2, 0.25) is 11.9 Å². The summed E-state index contributed by atoms with van der Waals surface area (Å²) in [5.41, 5.74) is -0.262. The fourth-order valence-electron chi connectivity index (χ4n) is 6.12. The minimum absolute atomic E-state index is 0. The van der Waals surface area contributed by atoms with Crippen molar-refractivity contribution in [3.63, 3.8) is 0 Å². The Hall–Kier alpha value is -1.70. The smallest absolute Gasteiger partial charge is 0.462 e. The molecule has 2 aliphatic rings. The first-order valence-electron chi connectivity index (χ1n) is 18.2. The van der Waals surface area contributed by atoms with Crippen molar-refractivity contribution in [2.75, 3.05) is 13.2 Å². The SMILES string of the molecule is CCCCCCCCCC(OC(=O)C1CCOCC1)OC(C(=O)OC1C[CH-]CCCC1)(c1ccccc1)c1ccccc1.[CH2-]CC[CH2-].[Na+]. The number of unbranched alkanes of at least 4 members (excludes halogenated alkanes) is 7. The maximum atomic E-state index is 14.5. The predicted octanol–water partition coefficient (Wildman–Crippen LogP) is 6.90. The van der Waals surface area contributed by atoms with Crippen LogP contribution in [0.4, 0.5) is 0 Å². The number of carbonyl (C=O) groups excluding carboxylic acids is 2. The molecule has 0 spiro atoms. The average molecular weight is 671 g/mol. The number of rotatable bonds is 17. The van der Waals surface area contributed by atoms with Crippen LogP contribution in [0.5, 0.6) is 0 Å². The van der Waals surface area contributed by atoms with Gasteiger partial charge in [-0.05, 0) is 36.8 Å². The third-order valence-electron chi connectivity index (χ3n) is 8.94. The van der Waals surface area contributed by atoms with E-state index in [0.717, 1.165) is 64.2 Å². The van der Waals surface area contributed by atoms with E-state index < -0.39 is 17.9 Å². The van der Waals surface area contributed by atoms with E-state index in [2.05, 4.69) is 27.2 Å². The van der Waals surface area contributed by atoms with Crippen LogP contribution in [0.15, 0.2) is 60.7 Å². The molecule has 6 nitrogen and oxygen atoms in total. The van der Waals surface area contributed by atoms with E-state index in [1.807, 2.05) is 60.7 Å². The van der Waals surface area contributed by atoms with Gasteiger partial charge in [-0.15, -0.1) is 6.42 Å². The van der Waals surface area contributed by atoms with Crippen LogP contribution in [-0.4, -0.2) is 37.5 Å². The van der Waals surface area contributed by atoms with Crippen molar-refractivity contribution < 1.29 is 58.1 Å². The maximum absolute atomic E-state index is 14.5. The van der Waals surface area contributed by atoms with Crippen LogP contribution >= 0.6 is 0 Å². The van der Waals surface area contributed by atoms with Crippen molar-refractivity contribution in [3.8, 4) is 0 Å². The largest absolute Gasteiger partial charge is 1.00 e. The fourth-order valence-corrected chi connectivity index (χ4v) is 6.12. The van der Waals surface area contributed by atoms with E-state index in [1.165, 1.54) is 25.7 Å². The van der Waals surface area contributed by atoms with Gasteiger partial charge >= 0.3 is 41.5 Å². The minimum Gasteiger partial charge on any atom is -0.462 e. The molecule has 2 unspecified atom stereocenters. The van der Waals surface area contributed by atoms with Gasteiger partial charge in [0.1, 0.15) is 0 Å². The zero-order chi connectivity index (χ0) is 33.6. The van der Waals surface area contributed by atoms with Crippen molar-refractivity contribution in [2.45, 2.75) is 134 Å². The Kier molecular flexibility index (Phi) is 22.4. The van der Waals surface area contributed by atoms with Crippen molar-refractivity contribution in [3.05, 3.63) is 92.1 Å². The van der Waals surface area contributed by atoms with Crippen molar-refractivity contribution in [1.29, 1.82) is 0 Å². The summed E-state index contributed by atoms with van der Waals surface area (Å²) >= 11 is 0. The molecule has 0 aromatic heterocycles. The molecule has 1 heterocycles. The van der Waals surface area contributed by atoms with Gasteiger partial charge in [-0.25, -0.2) is 17.6 Å². The predicted molar refractivity (Wildman–Crippen MR) is 188 cm³/mol. The van der Waals surface area contributed by atoms with Gasteiger partial charge in [0.15, 0.2) is 0 Å². The zero-order valence-corrected chi connectivity index (χ0v) is 31.9. The molecule has 0 bridgehead atoms. The third-order valence-corrected chi connectivity index (χ3v) is 8.94. The maximum Gasteiger partial charge on any atom is 1.00 e. The first-order valence-corrected chi connectivity index (χ1v) is 18.2. The standard InChI is InChI=1S/C37H51O6.C4H8.Na/c1-2-3-4-5-6-7-18-25-34(42-35(38)30-26-28-40-29-27-30)43-37(31-19-12-10-13-20-31,32-21-14-11-15-22-32)36(39)41-33-23-16-8-9-17-24-33;1-3-4-2;/h10-16,19-22,30,33-34H,2-9,17-18,23-29H2,1H3;1-4H2;/q-1;-2;+1. The first-order chi connectivity index (χ1) is 23.0. The van der Waals surface area contributed by atoms with Gasteiger partial charge in [-0.1, -0.05) is 119 Å². The molecule has 48 heavy (non-hydrogen) atoms. The Morgan fingerprint density at radius 3 is 2.02 bits per heavy atom. The van der Waals surface area contributed by atoms with Gasteiger partial charge < -0.3 is 39.2 Å². The molecular formula is C41H59NaO6-2. The Morgan fingerprint density at radius 2 is 1.44 bits per heavy atom. The van der Waals surface area contributed by atoms with E-state index in [4.69, 9.17) is 18.9 Å². The third kappa shape index (κ3) is 14.3. The molecule has 0 amide bonds. The second-order valence-electron chi connectivity index (χ2n) is 12.7. The summed E-state index contributed by atoms with van der Waals surface area (Å²) in [5.74, 6) is -0.972. The van der Waals surface area contributed by atoms with Crippen molar-refractivity contribution in [2.24, 2.45) is 5.92 Å². The van der Waals surface area contributed by atoms with Crippen molar-refractivity contribution >= 4 is 11.9 Å². The van der Waals surface area contributed by atoms with Gasteiger partial charge in [-0.3, -0.25) is 4.79 Å². The Bertz CT molecular complexity index is 1050. The summed E-state index contributed by atoms with van der Waals surface area (Å²) in [5, 5.41) is 0. The number of esters is 2. The van der Waals surface area contributed by atoms with Crippen LogP contribution in [0.1, 0.15) is 127 Å². The first kappa shape index (κ1) is 42.5.